The van der Waals surface area contributed by atoms with Gasteiger partial charge in [-0.2, -0.15) is 4.99 Å². The maximum Gasteiger partial charge on any atom is 0.347 e. The molecule has 2 N–H and O–H groups in total. The lowest BCUT2D eigenvalue weighted by molar-refractivity contribution is 0.184. The number of furan rings is 1. The van der Waals surface area contributed by atoms with Gasteiger partial charge in [0.05, 0.1) is 18.5 Å². The second-order valence-electron chi connectivity index (χ2n) is 6.99. The number of aliphatic imine (C=N–C) groups is 1. The number of amides is 4. The molecule has 2 atom stereocenters. The molecule has 2 aromatic rings. The van der Waals surface area contributed by atoms with Crippen LogP contribution in [-0.4, -0.2) is 28.8 Å². The van der Waals surface area contributed by atoms with Crippen molar-refractivity contribution in [2.75, 3.05) is 5.32 Å². The first kappa shape index (κ1) is 18.2. The van der Waals surface area contributed by atoms with Crippen LogP contribution >= 0.6 is 0 Å². The molecule has 7 nitrogen and oxygen atoms in total. The number of nitrogens with one attached hydrogen (secondary N) is 2. The highest BCUT2D eigenvalue weighted by Gasteiger charge is 2.41. The third-order valence-electron chi connectivity index (χ3n) is 5.15. The Morgan fingerprint density at radius 3 is 2.86 bits per heavy atom. The van der Waals surface area contributed by atoms with Gasteiger partial charge in [-0.15, -0.1) is 0 Å². The second kappa shape index (κ2) is 7.84. The van der Waals surface area contributed by atoms with Gasteiger partial charge in [-0.1, -0.05) is 25.0 Å². The zero-order valence-corrected chi connectivity index (χ0v) is 15.2. The molecule has 2 fully saturated rings. The Kier molecular flexibility index (Phi) is 5.10. The number of amidine groups is 1. The average molecular weight is 384 g/mol. The molecule has 28 heavy (non-hydrogen) atoms. The monoisotopic (exact) mass is 384 g/mol. The largest absolute Gasteiger partial charge is 0.467 e. The van der Waals surface area contributed by atoms with Crippen LogP contribution in [0.4, 0.5) is 19.7 Å². The van der Waals surface area contributed by atoms with Crippen molar-refractivity contribution in [3.63, 3.8) is 0 Å². The molecule has 1 aromatic heterocycles. The quantitative estimate of drug-likeness (QED) is 0.834. The van der Waals surface area contributed by atoms with Crippen molar-refractivity contribution in [3.8, 4) is 0 Å². The predicted molar refractivity (Wildman–Crippen MR) is 101 cm³/mol. The van der Waals surface area contributed by atoms with Crippen LogP contribution in [0.25, 0.3) is 0 Å². The smallest absolute Gasteiger partial charge is 0.347 e. The van der Waals surface area contributed by atoms with Gasteiger partial charge in [0.15, 0.2) is 0 Å². The van der Waals surface area contributed by atoms with E-state index in [0.29, 0.717) is 11.6 Å². The molecule has 4 amide bonds. The highest BCUT2D eigenvalue weighted by Crippen LogP contribution is 2.31. The summed E-state index contributed by atoms with van der Waals surface area (Å²) in [6.07, 6.45) is 5.22. The van der Waals surface area contributed by atoms with Gasteiger partial charge in [-0.3, -0.25) is 4.90 Å². The van der Waals surface area contributed by atoms with Gasteiger partial charge in [0.2, 0.25) is 0 Å². The third kappa shape index (κ3) is 3.76. The summed E-state index contributed by atoms with van der Waals surface area (Å²) < 4.78 is 19.2. The molecule has 2 unspecified atom stereocenters. The number of urea groups is 2. The number of nitrogens with zero attached hydrogens (tertiary/aromatic N) is 2. The fourth-order valence-electron chi connectivity index (χ4n) is 3.82. The van der Waals surface area contributed by atoms with E-state index in [4.69, 9.17) is 4.42 Å². The normalized spacial score (nSPS) is 23.2. The summed E-state index contributed by atoms with van der Waals surface area (Å²) >= 11 is 0. The lowest BCUT2D eigenvalue weighted by atomic mass is 9.82. The van der Waals surface area contributed by atoms with Gasteiger partial charge in [0, 0.05) is 12.0 Å². The summed E-state index contributed by atoms with van der Waals surface area (Å²) in [6.45, 7) is 0.174. The zero-order valence-electron chi connectivity index (χ0n) is 15.2. The van der Waals surface area contributed by atoms with Crippen molar-refractivity contribution in [3.05, 3.63) is 54.2 Å². The van der Waals surface area contributed by atoms with Crippen LogP contribution in [0.3, 0.4) is 0 Å². The highest BCUT2D eigenvalue weighted by molar-refractivity contribution is 6.07. The Bertz CT molecular complexity index is 897. The van der Waals surface area contributed by atoms with Gasteiger partial charge in [-0.25, -0.2) is 14.0 Å². The van der Waals surface area contributed by atoms with Crippen molar-refractivity contribution in [2.24, 2.45) is 10.9 Å². The number of benzene rings is 1. The Balaban J connectivity index is 1.63. The fraction of sp³-hybridized carbons (Fsp3) is 0.350. The molecule has 0 spiro atoms. The molecule has 0 radical (unpaired) electrons. The van der Waals surface area contributed by atoms with Crippen LogP contribution in [0.15, 0.2) is 52.1 Å². The molecular weight excluding hydrogens is 363 g/mol. The SMILES string of the molecule is O=C(/N=C1\C2CCCCC2NC(=O)N1Cc1ccco1)Nc1ccccc1F. The number of hydrogen-bond donors (Lipinski definition) is 2. The molecule has 1 aromatic carbocycles. The first-order chi connectivity index (χ1) is 13.6. The topological polar surface area (TPSA) is 86.9 Å². The first-order valence-corrected chi connectivity index (χ1v) is 9.36. The number of carbonyl (C=O) groups is 2. The molecule has 0 bridgehead atoms. The Labute approximate surface area is 161 Å². The van der Waals surface area contributed by atoms with E-state index in [0.717, 1.165) is 25.7 Å². The Hall–Kier alpha value is -3.16. The molecule has 2 aliphatic rings. The van der Waals surface area contributed by atoms with Gasteiger partial charge in [0.25, 0.3) is 0 Å². The standard InChI is InChI=1S/C20H21FN4O3/c21-15-8-2-4-10-17(15)22-19(26)24-18-14-7-1-3-9-16(14)23-20(27)25(18)12-13-6-5-11-28-13/h2,4-6,8,10-11,14,16H,1,3,7,9,12H2,(H,22,26)(H,23,27)/b24-18+. The number of para-hydroxylation sites is 1. The van der Waals surface area contributed by atoms with Gasteiger partial charge in [0.1, 0.15) is 17.4 Å². The van der Waals surface area contributed by atoms with Crippen molar-refractivity contribution < 1.29 is 18.4 Å². The van der Waals surface area contributed by atoms with Crippen LogP contribution in [0.1, 0.15) is 31.4 Å². The minimum atomic E-state index is -0.705. The Morgan fingerprint density at radius 2 is 2.07 bits per heavy atom. The summed E-state index contributed by atoms with van der Waals surface area (Å²) in [5.74, 6) is 0.388. The number of hydrogen-bond acceptors (Lipinski definition) is 3. The summed E-state index contributed by atoms with van der Waals surface area (Å²) in [4.78, 5) is 30.8. The van der Waals surface area contributed by atoms with E-state index >= 15 is 0 Å². The van der Waals surface area contributed by atoms with Gasteiger partial charge >= 0.3 is 12.1 Å². The van der Waals surface area contributed by atoms with Crippen LogP contribution in [-0.2, 0) is 6.54 Å². The number of rotatable bonds is 3. The number of carbonyl (C=O) groups excluding carboxylic acids is 2. The maximum absolute atomic E-state index is 13.8. The van der Waals surface area contributed by atoms with E-state index in [-0.39, 0.29) is 30.2 Å². The number of fused-ring (bicyclic) bond motifs is 1. The van der Waals surface area contributed by atoms with Crippen molar-refractivity contribution in [2.45, 2.75) is 38.3 Å². The summed E-state index contributed by atoms with van der Waals surface area (Å²) in [5.41, 5.74) is 0.0508. The second-order valence-corrected chi connectivity index (χ2v) is 6.99. The Morgan fingerprint density at radius 1 is 1.25 bits per heavy atom. The van der Waals surface area contributed by atoms with Crippen LogP contribution < -0.4 is 10.6 Å². The lowest BCUT2D eigenvalue weighted by Crippen LogP contribution is -2.60. The van der Waals surface area contributed by atoms with Crippen LogP contribution in [0.2, 0.25) is 0 Å². The van der Waals surface area contributed by atoms with E-state index in [1.807, 2.05) is 0 Å². The van der Waals surface area contributed by atoms with E-state index in [9.17, 15) is 14.0 Å². The highest BCUT2D eigenvalue weighted by atomic mass is 19.1. The maximum atomic E-state index is 13.8. The van der Waals surface area contributed by atoms with Crippen LogP contribution in [0.5, 0.6) is 0 Å². The molecule has 1 aliphatic carbocycles. The zero-order chi connectivity index (χ0) is 19.5. The van der Waals surface area contributed by atoms with Crippen molar-refractivity contribution in [1.82, 2.24) is 10.2 Å². The van der Waals surface area contributed by atoms with Gasteiger partial charge < -0.3 is 15.1 Å². The summed E-state index contributed by atoms with van der Waals surface area (Å²) in [5, 5.41) is 5.48. The summed E-state index contributed by atoms with van der Waals surface area (Å²) in [6, 6.07) is 8.33. The molecular formula is C20H21FN4O3. The summed E-state index contributed by atoms with van der Waals surface area (Å²) in [7, 11) is 0. The van der Waals surface area contributed by atoms with Crippen LogP contribution in [0, 0.1) is 11.7 Å². The van der Waals surface area contributed by atoms with E-state index in [2.05, 4.69) is 15.6 Å². The predicted octanol–water partition coefficient (Wildman–Crippen LogP) is 4.13. The third-order valence-corrected chi connectivity index (χ3v) is 5.15. The molecule has 8 heteroatoms. The number of halogens is 1. The molecule has 2 heterocycles. The van der Waals surface area contributed by atoms with Crippen molar-refractivity contribution in [1.29, 1.82) is 0 Å². The first-order valence-electron chi connectivity index (χ1n) is 9.36. The van der Waals surface area contributed by atoms with E-state index in [1.54, 1.807) is 24.3 Å². The van der Waals surface area contributed by atoms with E-state index < -0.39 is 11.8 Å². The fourth-order valence-corrected chi connectivity index (χ4v) is 3.82. The average Bonchev–Trinajstić information content (AvgIpc) is 3.19. The molecule has 1 saturated carbocycles. The van der Waals surface area contributed by atoms with Crippen molar-refractivity contribution >= 4 is 23.6 Å². The molecule has 1 aliphatic heterocycles. The molecule has 4 rings (SSSR count). The molecule has 1 saturated heterocycles. The minimum Gasteiger partial charge on any atom is -0.467 e. The van der Waals surface area contributed by atoms with Gasteiger partial charge in [-0.05, 0) is 37.1 Å². The van der Waals surface area contributed by atoms with E-state index in [1.165, 1.54) is 23.3 Å². The molecule has 146 valence electrons. The number of anilines is 1. The minimum absolute atomic E-state index is 0.0471. The lowest BCUT2D eigenvalue weighted by Gasteiger charge is -2.42.